The van der Waals surface area contributed by atoms with Gasteiger partial charge in [0.15, 0.2) is 0 Å². The number of piperazine rings is 1. The highest BCUT2D eigenvalue weighted by Gasteiger charge is 2.33. The molecule has 2 unspecified atom stereocenters. The number of nitrogens with one attached hydrogen (secondary N) is 1. The molecule has 3 aliphatic rings. The first-order chi connectivity index (χ1) is 15.4. The summed E-state index contributed by atoms with van der Waals surface area (Å²) in [5.74, 6) is 0.738. The molecule has 6 nitrogen and oxygen atoms in total. The molecule has 0 radical (unpaired) electrons. The molecule has 1 aliphatic carbocycles. The second-order valence-electron chi connectivity index (χ2n) is 9.51. The Balaban J connectivity index is 1.36. The van der Waals surface area contributed by atoms with E-state index in [1.54, 1.807) is 6.07 Å². The third kappa shape index (κ3) is 5.77. The van der Waals surface area contributed by atoms with Crippen LogP contribution in [0.25, 0.3) is 0 Å². The number of carbonyl (C=O) groups excluding carboxylic acids is 2. The number of hydrogen-bond donors (Lipinski definition) is 1. The van der Waals surface area contributed by atoms with Crippen molar-refractivity contribution < 1.29 is 14.3 Å². The molecule has 4 rings (SSSR count). The molecule has 0 bridgehead atoms. The van der Waals surface area contributed by atoms with Crippen molar-refractivity contribution in [1.82, 2.24) is 9.80 Å². The topological polar surface area (TPSA) is 61.9 Å². The van der Waals surface area contributed by atoms with Gasteiger partial charge in [-0.2, -0.15) is 0 Å². The number of benzene rings is 1. The van der Waals surface area contributed by atoms with Gasteiger partial charge in [-0.15, -0.1) is 0 Å². The fourth-order valence-corrected chi connectivity index (χ4v) is 5.67. The second-order valence-corrected chi connectivity index (χ2v) is 10.3. The largest absolute Gasteiger partial charge is 0.381 e. The standard InChI is InChI=1S/C24H33Cl2N3O3/c1-16-13-28(7-8-29(16)24(31)18-4-2-3-5-18)14-19-11-20(25)12-21(23(19)26)27-22(30)10-17-6-9-32-15-17/h11-12,16-18H,2-10,13-15H2,1H3,(H,27,30). The van der Waals surface area contributed by atoms with Crippen LogP contribution in [0.3, 0.4) is 0 Å². The summed E-state index contributed by atoms with van der Waals surface area (Å²) in [5.41, 5.74) is 1.45. The van der Waals surface area contributed by atoms with E-state index < -0.39 is 0 Å². The Hall–Kier alpha value is -1.34. The van der Waals surface area contributed by atoms with Crippen LogP contribution >= 0.6 is 23.2 Å². The van der Waals surface area contributed by atoms with Gasteiger partial charge in [0.25, 0.3) is 0 Å². The van der Waals surface area contributed by atoms with Crippen molar-refractivity contribution in [3.05, 3.63) is 27.7 Å². The molecule has 0 aromatic heterocycles. The zero-order chi connectivity index (χ0) is 22.7. The Morgan fingerprint density at radius 1 is 1.16 bits per heavy atom. The van der Waals surface area contributed by atoms with E-state index in [2.05, 4.69) is 22.0 Å². The van der Waals surface area contributed by atoms with Crippen LogP contribution in [0.1, 0.15) is 51.0 Å². The highest BCUT2D eigenvalue weighted by Crippen LogP contribution is 2.33. The first-order valence-electron chi connectivity index (χ1n) is 11.8. The molecule has 1 aromatic carbocycles. The molecular weight excluding hydrogens is 449 g/mol. The molecular formula is C24H33Cl2N3O3. The van der Waals surface area contributed by atoms with Crippen LogP contribution in [0.2, 0.25) is 10.0 Å². The molecule has 2 atom stereocenters. The molecule has 2 saturated heterocycles. The predicted octanol–water partition coefficient (Wildman–Crippen LogP) is 4.58. The van der Waals surface area contributed by atoms with Gasteiger partial charge in [-0.1, -0.05) is 36.0 Å². The molecule has 1 aromatic rings. The fourth-order valence-electron chi connectivity index (χ4n) is 5.21. The molecule has 1 N–H and O–H groups in total. The van der Waals surface area contributed by atoms with Gasteiger partial charge >= 0.3 is 0 Å². The van der Waals surface area contributed by atoms with Crippen molar-refractivity contribution in [2.24, 2.45) is 11.8 Å². The van der Waals surface area contributed by atoms with Crippen LogP contribution in [0.4, 0.5) is 5.69 Å². The minimum Gasteiger partial charge on any atom is -0.381 e. The van der Waals surface area contributed by atoms with Gasteiger partial charge in [0.1, 0.15) is 0 Å². The van der Waals surface area contributed by atoms with Crippen molar-refractivity contribution >= 4 is 40.7 Å². The van der Waals surface area contributed by atoms with Gasteiger partial charge in [0, 0.05) is 62.8 Å². The van der Waals surface area contributed by atoms with E-state index >= 15 is 0 Å². The maximum atomic E-state index is 12.9. The van der Waals surface area contributed by atoms with Gasteiger partial charge in [-0.05, 0) is 49.8 Å². The number of anilines is 1. The van der Waals surface area contributed by atoms with Gasteiger partial charge in [-0.25, -0.2) is 0 Å². The number of hydrogen-bond acceptors (Lipinski definition) is 4. The molecule has 176 valence electrons. The summed E-state index contributed by atoms with van der Waals surface area (Å²) in [6.07, 6.45) is 5.75. The summed E-state index contributed by atoms with van der Waals surface area (Å²) >= 11 is 13.0. The lowest BCUT2D eigenvalue weighted by Crippen LogP contribution is -2.54. The highest BCUT2D eigenvalue weighted by atomic mass is 35.5. The van der Waals surface area contributed by atoms with E-state index in [1.165, 1.54) is 12.8 Å². The Morgan fingerprint density at radius 3 is 2.62 bits per heavy atom. The fraction of sp³-hybridized carbons (Fsp3) is 0.667. The minimum absolute atomic E-state index is 0.0664. The van der Waals surface area contributed by atoms with Crippen LogP contribution in [-0.4, -0.2) is 60.5 Å². The summed E-state index contributed by atoms with van der Waals surface area (Å²) in [4.78, 5) is 29.7. The molecule has 32 heavy (non-hydrogen) atoms. The minimum atomic E-state index is -0.0664. The number of halogens is 2. The van der Waals surface area contributed by atoms with Crippen LogP contribution in [-0.2, 0) is 20.9 Å². The van der Waals surface area contributed by atoms with Crippen molar-refractivity contribution in [3.63, 3.8) is 0 Å². The normalized spacial score (nSPS) is 24.8. The highest BCUT2D eigenvalue weighted by molar-refractivity contribution is 6.36. The molecule has 0 spiro atoms. The lowest BCUT2D eigenvalue weighted by atomic mass is 10.0. The molecule has 1 saturated carbocycles. The van der Waals surface area contributed by atoms with E-state index in [0.717, 1.165) is 51.1 Å². The average molecular weight is 482 g/mol. The summed E-state index contributed by atoms with van der Waals surface area (Å²) in [6.45, 7) is 6.44. The first-order valence-corrected chi connectivity index (χ1v) is 12.5. The van der Waals surface area contributed by atoms with Crippen molar-refractivity contribution in [2.45, 2.75) is 58.0 Å². The summed E-state index contributed by atoms with van der Waals surface area (Å²) in [6, 6.07) is 3.74. The Morgan fingerprint density at radius 2 is 1.94 bits per heavy atom. The van der Waals surface area contributed by atoms with Crippen LogP contribution in [0.5, 0.6) is 0 Å². The Kier molecular flexibility index (Phi) is 7.98. The molecule has 3 fully saturated rings. The van der Waals surface area contributed by atoms with Gasteiger partial charge in [0.05, 0.1) is 10.7 Å². The number of ether oxygens (including phenoxy) is 1. The second kappa shape index (κ2) is 10.7. The zero-order valence-electron chi connectivity index (χ0n) is 18.7. The molecule has 2 aliphatic heterocycles. The molecule has 8 heteroatoms. The average Bonchev–Trinajstić information content (AvgIpc) is 3.45. The van der Waals surface area contributed by atoms with E-state index in [0.29, 0.717) is 41.2 Å². The van der Waals surface area contributed by atoms with Gasteiger partial charge in [0.2, 0.25) is 11.8 Å². The van der Waals surface area contributed by atoms with Gasteiger partial charge < -0.3 is 15.0 Å². The van der Waals surface area contributed by atoms with E-state index in [1.807, 2.05) is 6.07 Å². The maximum Gasteiger partial charge on any atom is 0.226 e. The summed E-state index contributed by atoms with van der Waals surface area (Å²) < 4.78 is 5.36. The van der Waals surface area contributed by atoms with Crippen LogP contribution < -0.4 is 5.32 Å². The van der Waals surface area contributed by atoms with E-state index in [9.17, 15) is 9.59 Å². The monoisotopic (exact) mass is 481 g/mol. The van der Waals surface area contributed by atoms with E-state index in [-0.39, 0.29) is 23.8 Å². The van der Waals surface area contributed by atoms with Crippen LogP contribution in [0.15, 0.2) is 12.1 Å². The molecule has 2 heterocycles. The quantitative estimate of drug-likeness (QED) is 0.645. The first kappa shape index (κ1) is 23.8. The van der Waals surface area contributed by atoms with Crippen LogP contribution in [0, 0.1) is 11.8 Å². The SMILES string of the molecule is CC1CN(Cc2cc(Cl)cc(NC(=O)CC3CCOC3)c2Cl)CCN1C(=O)C1CCCC1. The third-order valence-corrected chi connectivity index (χ3v) is 7.64. The van der Waals surface area contributed by atoms with Gasteiger partial charge in [-0.3, -0.25) is 14.5 Å². The number of carbonyl (C=O) groups is 2. The summed E-state index contributed by atoms with van der Waals surface area (Å²) in [7, 11) is 0. The zero-order valence-corrected chi connectivity index (χ0v) is 20.3. The predicted molar refractivity (Wildman–Crippen MR) is 127 cm³/mol. The smallest absolute Gasteiger partial charge is 0.226 e. The number of nitrogens with zero attached hydrogens (tertiary/aromatic N) is 2. The van der Waals surface area contributed by atoms with Crippen molar-refractivity contribution in [3.8, 4) is 0 Å². The Labute approximate surface area is 200 Å². The number of rotatable bonds is 6. The maximum absolute atomic E-state index is 12.9. The Bertz CT molecular complexity index is 838. The third-order valence-electron chi connectivity index (χ3n) is 6.98. The summed E-state index contributed by atoms with van der Waals surface area (Å²) in [5, 5.41) is 4.01. The lowest BCUT2D eigenvalue weighted by molar-refractivity contribution is -0.140. The van der Waals surface area contributed by atoms with Crippen molar-refractivity contribution in [1.29, 1.82) is 0 Å². The lowest BCUT2D eigenvalue weighted by Gasteiger charge is -2.41. The number of amides is 2. The van der Waals surface area contributed by atoms with E-state index in [4.69, 9.17) is 27.9 Å². The molecule has 2 amide bonds. The van der Waals surface area contributed by atoms with Crippen molar-refractivity contribution in [2.75, 3.05) is 38.2 Å².